The van der Waals surface area contributed by atoms with Crippen LogP contribution in [0.5, 0.6) is 0 Å². The van der Waals surface area contributed by atoms with E-state index >= 15 is 0 Å². The van der Waals surface area contributed by atoms with E-state index in [1.54, 1.807) is 39.5 Å². The highest BCUT2D eigenvalue weighted by Crippen LogP contribution is 2.32. The van der Waals surface area contributed by atoms with Gasteiger partial charge < -0.3 is 4.90 Å². The number of hydrogen-bond acceptors (Lipinski definition) is 4. The maximum absolute atomic E-state index is 13.3. The lowest BCUT2D eigenvalue weighted by atomic mass is 10.1. The van der Waals surface area contributed by atoms with E-state index in [-0.39, 0.29) is 11.9 Å². The lowest BCUT2D eigenvalue weighted by Gasteiger charge is -2.38. The molecular formula is C25H26ClN3O3S. The average molecular weight is 484 g/mol. The molecule has 6 nitrogen and oxygen atoms in total. The van der Waals surface area contributed by atoms with Gasteiger partial charge in [0.05, 0.1) is 4.90 Å². The third-order valence-corrected chi connectivity index (χ3v) is 8.78. The molecular weight excluding hydrogens is 458 g/mol. The molecule has 1 unspecified atom stereocenters. The van der Waals surface area contributed by atoms with Crippen LogP contribution in [0.1, 0.15) is 22.3 Å². The van der Waals surface area contributed by atoms with Gasteiger partial charge in [-0.05, 0) is 48.4 Å². The Labute approximate surface area is 199 Å². The molecule has 0 spiro atoms. The first kappa shape index (κ1) is 22.3. The van der Waals surface area contributed by atoms with E-state index in [0.29, 0.717) is 49.6 Å². The number of carbonyl (C=O) groups is 1. The van der Waals surface area contributed by atoms with Crippen molar-refractivity contribution in [1.82, 2.24) is 9.21 Å². The van der Waals surface area contributed by atoms with Crippen LogP contribution in [-0.2, 0) is 16.4 Å². The Morgan fingerprint density at radius 1 is 0.970 bits per heavy atom. The fourth-order valence-corrected chi connectivity index (χ4v) is 6.49. The Morgan fingerprint density at radius 3 is 2.45 bits per heavy atom. The average Bonchev–Trinajstić information content (AvgIpc) is 3.27. The second kappa shape index (κ2) is 9.06. The number of hydrogen-bond donors (Lipinski definition) is 0. The maximum Gasteiger partial charge on any atom is 0.258 e. The normalized spacial score (nSPS) is 21.7. The molecule has 1 aliphatic carbocycles. The number of sulfonamides is 1. The molecule has 0 aromatic heterocycles. The zero-order chi connectivity index (χ0) is 23.0. The van der Waals surface area contributed by atoms with Crippen molar-refractivity contribution in [1.29, 1.82) is 0 Å². The Morgan fingerprint density at radius 2 is 1.73 bits per heavy atom. The zero-order valence-electron chi connectivity index (χ0n) is 18.2. The molecule has 2 aromatic rings. The second-order valence-corrected chi connectivity index (χ2v) is 11.0. The molecule has 1 amide bonds. The molecule has 3 aliphatic rings. The van der Waals surface area contributed by atoms with Crippen molar-refractivity contribution in [3.63, 3.8) is 0 Å². The monoisotopic (exact) mass is 483 g/mol. The van der Waals surface area contributed by atoms with Gasteiger partial charge in [-0.25, -0.2) is 8.42 Å². The number of fused-ring (bicyclic) bond motifs is 1. The minimum absolute atomic E-state index is 0.0622. The summed E-state index contributed by atoms with van der Waals surface area (Å²) in [5, 5.41) is 0.829. The van der Waals surface area contributed by atoms with Crippen molar-refractivity contribution < 1.29 is 13.2 Å². The summed E-state index contributed by atoms with van der Waals surface area (Å²) in [6.07, 6.45) is 7.41. The number of nitrogens with zero attached hydrogens (tertiary/aromatic N) is 3. The van der Waals surface area contributed by atoms with Crippen LogP contribution in [0.25, 0.3) is 0 Å². The van der Waals surface area contributed by atoms with E-state index < -0.39 is 10.0 Å². The predicted octanol–water partition coefficient (Wildman–Crippen LogP) is 3.65. The second-order valence-electron chi connectivity index (χ2n) is 8.57. The molecule has 172 valence electrons. The van der Waals surface area contributed by atoms with Crippen LogP contribution in [0.15, 0.2) is 76.7 Å². The SMILES string of the molecule is O=C(c1ccccc1)N1CCc2cc(S(=O)(=O)N3CCN(C4C=CC=C(Cl)C4)CC3)ccc21. The lowest BCUT2D eigenvalue weighted by molar-refractivity contribution is 0.0989. The first-order valence-electron chi connectivity index (χ1n) is 11.2. The van der Waals surface area contributed by atoms with Crippen LogP contribution in [0, 0.1) is 0 Å². The summed E-state index contributed by atoms with van der Waals surface area (Å²) >= 11 is 6.18. The van der Waals surface area contributed by atoms with Gasteiger partial charge in [-0.3, -0.25) is 9.69 Å². The van der Waals surface area contributed by atoms with E-state index in [1.165, 1.54) is 0 Å². The molecule has 5 rings (SSSR count). The summed E-state index contributed by atoms with van der Waals surface area (Å²) in [5.41, 5.74) is 2.32. The standard InChI is InChI=1S/C25H26ClN3O3S/c26-21-7-4-8-22(18-21)27-13-15-28(16-14-27)33(31,32)23-9-10-24-20(17-23)11-12-29(24)25(30)19-5-2-1-3-6-19/h1-10,17,22H,11-16,18H2. The summed E-state index contributed by atoms with van der Waals surface area (Å²) < 4.78 is 28.2. The molecule has 0 saturated carbocycles. The van der Waals surface area contributed by atoms with Crippen LogP contribution in [0.4, 0.5) is 5.69 Å². The molecule has 0 bridgehead atoms. The highest BCUT2D eigenvalue weighted by atomic mass is 35.5. The minimum Gasteiger partial charge on any atom is -0.308 e. The molecule has 1 fully saturated rings. The van der Waals surface area contributed by atoms with E-state index in [1.807, 2.05) is 30.4 Å². The lowest BCUT2D eigenvalue weighted by Crippen LogP contribution is -2.51. The number of carbonyl (C=O) groups excluding carboxylic acids is 1. The molecule has 1 saturated heterocycles. The van der Waals surface area contributed by atoms with Crippen molar-refractivity contribution in [2.75, 3.05) is 37.6 Å². The summed E-state index contributed by atoms with van der Waals surface area (Å²) in [4.78, 5) is 17.2. The van der Waals surface area contributed by atoms with Gasteiger partial charge in [0, 0.05) is 61.5 Å². The number of anilines is 1. The van der Waals surface area contributed by atoms with E-state index in [9.17, 15) is 13.2 Å². The fraction of sp³-hybridized carbons (Fsp3) is 0.320. The van der Waals surface area contributed by atoms with Gasteiger partial charge >= 0.3 is 0 Å². The van der Waals surface area contributed by atoms with Gasteiger partial charge in [0.15, 0.2) is 0 Å². The topological polar surface area (TPSA) is 60.9 Å². The first-order chi connectivity index (χ1) is 15.9. The van der Waals surface area contributed by atoms with E-state index in [2.05, 4.69) is 11.0 Å². The predicted molar refractivity (Wildman–Crippen MR) is 130 cm³/mol. The quantitative estimate of drug-likeness (QED) is 0.666. The summed E-state index contributed by atoms with van der Waals surface area (Å²) in [6, 6.07) is 14.5. The van der Waals surface area contributed by atoms with Crippen LogP contribution < -0.4 is 4.90 Å². The maximum atomic E-state index is 13.3. The first-order valence-corrected chi connectivity index (χ1v) is 13.0. The number of halogens is 1. The van der Waals surface area contributed by atoms with Crippen LogP contribution in [0.3, 0.4) is 0 Å². The van der Waals surface area contributed by atoms with Gasteiger partial charge in [-0.1, -0.05) is 42.0 Å². The number of amides is 1. The summed E-state index contributed by atoms with van der Waals surface area (Å²) in [7, 11) is -3.59. The molecule has 2 aliphatic heterocycles. The highest BCUT2D eigenvalue weighted by molar-refractivity contribution is 7.89. The number of allylic oxidation sites excluding steroid dienone is 2. The molecule has 2 heterocycles. The van der Waals surface area contributed by atoms with Crippen molar-refractivity contribution >= 4 is 33.2 Å². The molecule has 1 atom stereocenters. The van der Waals surface area contributed by atoms with Crippen molar-refractivity contribution in [3.8, 4) is 0 Å². The minimum atomic E-state index is -3.59. The number of piperazine rings is 1. The highest BCUT2D eigenvalue weighted by Gasteiger charge is 2.33. The van der Waals surface area contributed by atoms with Crippen molar-refractivity contribution in [2.24, 2.45) is 0 Å². The van der Waals surface area contributed by atoms with Crippen LogP contribution in [0.2, 0.25) is 0 Å². The van der Waals surface area contributed by atoms with Gasteiger partial charge in [0.25, 0.3) is 5.91 Å². The third-order valence-electron chi connectivity index (χ3n) is 6.61. The molecule has 2 aromatic carbocycles. The van der Waals surface area contributed by atoms with E-state index in [4.69, 9.17) is 11.6 Å². The number of benzene rings is 2. The molecule has 33 heavy (non-hydrogen) atoms. The smallest absolute Gasteiger partial charge is 0.258 e. The van der Waals surface area contributed by atoms with Gasteiger partial charge in [0.1, 0.15) is 0 Å². The molecule has 0 radical (unpaired) electrons. The Balaban J connectivity index is 1.29. The van der Waals surface area contributed by atoms with Gasteiger partial charge in [0.2, 0.25) is 10.0 Å². The molecule has 0 N–H and O–H groups in total. The van der Waals surface area contributed by atoms with Crippen molar-refractivity contribution in [2.45, 2.75) is 23.8 Å². The van der Waals surface area contributed by atoms with Crippen molar-refractivity contribution in [3.05, 3.63) is 82.9 Å². The largest absolute Gasteiger partial charge is 0.308 e. The number of rotatable bonds is 4. The Bertz CT molecular complexity index is 1220. The van der Waals surface area contributed by atoms with E-state index in [0.717, 1.165) is 22.7 Å². The summed E-state index contributed by atoms with van der Waals surface area (Å²) in [6.45, 7) is 2.79. The summed E-state index contributed by atoms with van der Waals surface area (Å²) in [5.74, 6) is -0.0622. The Kier molecular flexibility index (Phi) is 6.14. The van der Waals surface area contributed by atoms with Crippen LogP contribution in [-0.4, -0.2) is 62.3 Å². The van der Waals surface area contributed by atoms with Gasteiger partial charge in [-0.2, -0.15) is 4.31 Å². The third kappa shape index (κ3) is 4.38. The molecule has 8 heteroatoms. The van der Waals surface area contributed by atoms with Crippen LogP contribution >= 0.6 is 11.6 Å². The fourth-order valence-electron chi connectivity index (χ4n) is 4.79. The zero-order valence-corrected chi connectivity index (χ0v) is 19.8. The Hall–Kier alpha value is -2.45. The van der Waals surface area contributed by atoms with Gasteiger partial charge in [-0.15, -0.1) is 0 Å².